The summed E-state index contributed by atoms with van der Waals surface area (Å²) in [6.45, 7) is 5.90. The summed E-state index contributed by atoms with van der Waals surface area (Å²) in [6.07, 6.45) is 5.64. The van der Waals surface area contributed by atoms with Gasteiger partial charge < -0.3 is 9.84 Å². The highest BCUT2D eigenvalue weighted by molar-refractivity contribution is 5.85. The van der Waals surface area contributed by atoms with Gasteiger partial charge in [0.25, 0.3) is 5.89 Å². The third kappa shape index (κ3) is 3.83. The maximum atomic E-state index is 5.38. The maximum Gasteiger partial charge on any atom is 0.297 e. The lowest BCUT2D eigenvalue weighted by molar-refractivity contribution is 0.345. The summed E-state index contributed by atoms with van der Waals surface area (Å²) in [5.74, 6) is 1.92. The van der Waals surface area contributed by atoms with Gasteiger partial charge in [-0.25, -0.2) is 19.3 Å². The van der Waals surface area contributed by atoms with Crippen LogP contribution in [0.25, 0.3) is 28.9 Å². The molecule has 4 aromatic rings. The van der Waals surface area contributed by atoms with Gasteiger partial charge in [-0.2, -0.15) is 10.1 Å². The van der Waals surface area contributed by atoms with E-state index in [9.17, 15) is 0 Å². The van der Waals surface area contributed by atoms with Crippen molar-refractivity contribution in [2.45, 2.75) is 32.7 Å². The van der Waals surface area contributed by atoms with Crippen LogP contribution in [0.2, 0.25) is 0 Å². The summed E-state index contributed by atoms with van der Waals surface area (Å²) >= 11 is 0. The molecule has 11 heteroatoms. The number of hydrogen-bond acceptors (Lipinski definition) is 8. The van der Waals surface area contributed by atoms with Crippen molar-refractivity contribution < 1.29 is 4.52 Å². The van der Waals surface area contributed by atoms with Crippen LogP contribution in [0.4, 0.5) is 0 Å². The van der Waals surface area contributed by atoms with Crippen molar-refractivity contribution in [2.75, 3.05) is 13.1 Å². The van der Waals surface area contributed by atoms with Gasteiger partial charge in [-0.05, 0) is 51.4 Å². The Morgan fingerprint density at radius 1 is 1.13 bits per heavy atom. The Hall–Kier alpha value is -3.11. The Bertz CT molecular complexity index is 1130. The summed E-state index contributed by atoms with van der Waals surface area (Å²) < 4.78 is 9.06. The van der Waals surface area contributed by atoms with E-state index in [1.54, 1.807) is 17.2 Å². The van der Waals surface area contributed by atoms with Crippen molar-refractivity contribution >= 4 is 12.4 Å². The molecule has 1 fully saturated rings. The Kier molecular flexibility index (Phi) is 5.60. The molecule has 5 heterocycles. The number of aryl methyl sites for hydroxylation is 2. The molecular formula is C19H22ClN9O. The summed E-state index contributed by atoms with van der Waals surface area (Å²) in [5, 5.41) is 16.4. The molecule has 1 unspecified atom stereocenters. The molecule has 0 aliphatic carbocycles. The number of piperidine rings is 1. The maximum absolute atomic E-state index is 5.38. The third-order valence-corrected chi connectivity index (χ3v) is 5.00. The molecule has 0 saturated carbocycles. The van der Waals surface area contributed by atoms with Crippen molar-refractivity contribution in [1.82, 2.24) is 45.0 Å². The van der Waals surface area contributed by atoms with Crippen LogP contribution in [-0.2, 0) is 0 Å². The molecule has 0 spiro atoms. The predicted octanol–water partition coefficient (Wildman–Crippen LogP) is 2.54. The van der Waals surface area contributed by atoms with E-state index in [0.29, 0.717) is 23.6 Å². The van der Waals surface area contributed by atoms with Gasteiger partial charge in [0.2, 0.25) is 11.6 Å². The van der Waals surface area contributed by atoms with E-state index in [0.717, 1.165) is 48.7 Å². The molecule has 10 nitrogen and oxygen atoms in total. The zero-order chi connectivity index (χ0) is 19.8. The molecule has 30 heavy (non-hydrogen) atoms. The fourth-order valence-electron chi connectivity index (χ4n) is 3.54. The minimum absolute atomic E-state index is 0. The number of halogens is 1. The van der Waals surface area contributed by atoms with Gasteiger partial charge in [0.05, 0.1) is 11.7 Å². The number of rotatable bonds is 4. The van der Waals surface area contributed by atoms with Crippen LogP contribution in [0, 0.1) is 13.8 Å². The van der Waals surface area contributed by atoms with E-state index in [1.165, 1.54) is 0 Å². The van der Waals surface area contributed by atoms with E-state index in [-0.39, 0.29) is 12.4 Å². The van der Waals surface area contributed by atoms with E-state index in [1.807, 2.05) is 36.7 Å². The van der Waals surface area contributed by atoms with Gasteiger partial charge in [0.1, 0.15) is 6.33 Å². The molecule has 156 valence electrons. The molecule has 1 N–H and O–H groups in total. The Morgan fingerprint density at radius 3 is 2.73 bits per heavy atom. The lowest BCUT2D eigenvalue weighted by atomic mass is 10.1. The highest BCUT2D eigenvalue weighted by atomic mass is 35.5. The van der Waals surface area contributed by atoms with Crippen molar-refractivity contribution in [3.05, 3.63) is 42.1 Å². The number of hydrogen-bond donors (Lipinski definition) is 1. The topological polar surface area (TPSA) is 112 Å². The van der Waals surface area contributed by atoms with Gasteiger partial charge in [-0.1, -0.05) is 5.16 Å². The molecule has 0 bridgehead atoms. The summed E-state index contributed by atoms with van der Waals surface area (Å²) in [7, 11) is 0. The minimum atomic E-state index is 0. The second-order valence-corrected chi connectivity index (χ2v) is 7.22. The molecule has 5 rings (SSSR count). The van der Waals surface area contributed by atoms with E-state index >= 15 is 0 Å². The fourth-order valence-corrected chi connectivity index (χ4v) is 3.54. The van der Waals surface area contributed by atoms with Crippen LogP contribution in [0.1, 0.15) is 30.3 Å². The average molecular weight is 428 g/mol. The standard InChI is InChI=1S/C19H21N9O.ClH/c1-12-8-13(2)28(24-12)16-6-5-14(9-21-16)17-23-19(29-26-17)18-22-11-27(25-18)15-4-3-7-20-10-15;/h5-6,8-9,11,15,20H,3-4,7,10H2,1-2H3;1H. The van der Waals surface area contributed by atoms with Crippen LogP contribution >= 0.6 is 12.4 Å². The zero-order valence-corrected chi connectivity index (χ0v) is 17.5. The molecule has 0 radical (unpaired) electrons. The zero-order valence-electron chi connectivity index (χ0n) is 16.7. The molecule has 1 aliphatic rings. The van der Waals surface area contributed by atoms with E-state index < -0.39 is 0 Å². The molecule has 4 aromatic heterocycles. The fraction of sp³-hybridized carbons (Fsp3) is 0.368. The Balaban J connectivity index is 0.00000218. The van der Waals surface area contributed by atoms with Crippen molar-refractivity contribution in [3.63, 3.8) is 0 Å². The second kappa shape index (κ2) is 8.33. The van der Waals surface area contributed by atoms with E-state index in [2.05, 4.69) is 35.6 Å². The monoisotopic (exact) mass is 427 g/mol. The van der Waals surface area contributed by atoms with Crippen LogP contribution < -0.4 is 5.32 Å². The quantitative estimate of drug-likeness (QED) is 0.528. The summed E-state index contributed by atoms with van der Waals surface area (Å²) in [5.41, 5.74) is 2.73. The number of nitrogens with zero attached hydrogens (tertiary/aromatic N) is 8. The first-order chi connectivity index (χ1) is 14.2. The highest BCUT2D eigenvalue weighted by Gasteiger charge is 2.20. The third-order valence-electron chi connectivity index (χ3n) is 5.00. The van der Waals surface area contributed by atoms with Crippen LogP contribution in [-0.4, -0.2) is 52.8 Å². The first-order valence-corrected chi connectivity index (χ1v) is 9.63. The van der Waals surface area contributed by atoms with Crippen molar-refractivity contribution in [1.29, 1.82) is 0 Å². The number of pyridine rings is 1. The smallest absolute Gasteiger partial charge is 0.297 e. The van der Waals surface area contributed by atoms with Gasteiger partial charge in [-0.3, -0.25) is 0 Å². The number of aromatic nitrogens is 8. The Morgan fingerprint density at radius 2 is 2.03 bits per heavy atom. The predicted molar refractivity (Wildman–Crippen MR) is 112 cm³/mol. The van der Waals surface area contributed by atoms with Crippen molar-refractivity contribution in [2.24, 2.45) is 0 Å². The van der Waals surface area contributed by atoms with Crippen LogP contribution in [0.5, 0.6) is 0 Å². The van der Waals surface area contributed by atoms with Crippen LogP contribution in [0.15, 0.2) is 35.2 Å². The molecule has 1 saturated heterocycles. The first-order valence-electron chi connectivity index (χ1n) is 9.63. The Labute approximate surface area is 179 Å². The van der Waals surface area contributed by atoms with Crippen LogP contribution in [0.3, 0.4) is 0 Å². The minimum Gasteiger partial charge on any atom is -0.330 e. The molecule has 0 amide bonds. The largest absolute Gasteiger partial charge is 0.330 e. The van der Waals surface area contributed by atoms with Gasteiger partial charge >= 0.3 is 0 Å². The second-order valence-electron chi connectivity index (χ2n) is 7.22. The SMILES string of the molecule is Cc1cc(C)n(-c2ccc(-c3noc(-c4ncn(C5CCCNC5)n4)n3)cn2)n1.Cl. The van der Waals surface area contributed by atoms with Gasteiger partial charge in [0.15, 0.2) is 5.82 Å². The highest BCUT2D eigenvalue weighted by Crippen LogP contribution is 2.22. The summed E-state index contributed by atoms with van der Waals surface area (Å²) in [6, 6.07) is 6.09. The lowest BCUT2D eigenvalue weighted by Crippen LogP contribution is -2.31. The lowest BCUT2D eigenvalue weighted by Gasteiger charge is -2.22. The normalized spacial score (nSPS) is 16.4. The molecule has 1 aliphatic heterocycles. The number of nitrogens with one attached hydrogen (secondary N) is 1. The molecule has 0 aromatic carbocycles. The average Bonchev–Trinajstić information content (AvgIpc) is 3.48. The molecule has 1 atom stereocenters. The first kappa shape index (κ1) is 20.2. The van der Waals surface area contributed by atoms with Gasteiger partial charge in [-0.15, -0.1) is 17.5 Å². The molecular weight excluding hydrogens is 406 g/mol. The van der Waals surface area contributed by atoms with Gasteiger partial charge in [0, 0.05) is 24.0 Å². The van der Waals surface area contributed by atoms with E-state index in [4.69, 9.17) is 4.52 Å². The van der Waals surface area contributed by atoms with Crippen molar-refractivity contribution in [3.8, 4) is 28.9 Å². The summed E-state index contributed by atoms with van der Waals surface area (Å²) in [4.78, 5) is 13.3.